The van der Waals surface area contributed by atoms with Gasteiger partial charge in [0, 0.05) is 50.5 Å². The predicted molar refractivity (Wildman–Crippen MR) is 118 cm³/mol. The number of likely N-dealkylation sites (N-methyl/N-ethyl adjacent to an activating group) is 1. The first kappa shape index (κ1) is 21.0. The smallest absolute Gasteiger partial charge is 0.324 e. The lowest BCUT2D eigenvalue weighted by atomic mass is 9.95. The van der Waals surface area contributed by atoms with E-state index in [0.29, 0.717) is 25.8 Å². The average Bonchev–Trinajstić information content (AvgIpc) is 3.21. The van der Waals surface area contributed by atoms with Crippen LogP contribution in [0.25, 0.3) is 10.9 Å². The minimum absolute atomic E-state index is 0.0584. The van der Waals surface area contributed by atoms with E-state index in [-0.39, 0.29) is 23.9 Å². The molecule has 0 saturated carbocycles. The number of fused-ring (bicyclic) bond motifs is 2. The van der Waals surface area contributed by atoms with Crippen molar-refractivity contribution in [1.29, 1.82) is 0 Å². The first-order valence-corrected chi connectivity index (χ1v) is 10.6. The van der Waals surface area contributed by atoms with Crippen molar-refractivity contribution in [2.45, 2.75) is 58.2 Å². The molecular weight excluding hydrogens is 392 g/mol. The standard InChI is InChI=1S/C24H28N4O3/c1-6-21(29)28(15(4)14(2)3)13-16-7-17-8-18-10-24(22(30)26-23(31)27(24)5)11-19(18)9-20(17)25-12-16/h7-9,12,15H,2,6,10-11,13H2,1,3-5H3,(H,26,30,31). The molecule has 1 N–H and O–H groups in total. The second-order valence-electron chi connectivity index (χ2n) is 8.76. The largest absolute Gasteiger partial charge is 0.332 e. The Labute approximate surface area is 182 Å². The van der Waals surface area contributed by atoms with Gasteiger partial charge in [0.15, 0.2) is 0 Å². The van der Waals surface area contributed by atoms with Gasteiger partial charge in [0.25, 0.3) is 5.91 Å². The minimum atomic E-state index is -0.846. The number of carbonyl (C=O) groups is 3. The number of benzene rings is 1. The third kappa shape index (κ3) is 3.38. The van der Waals surface area contributed by atoms with Crippen LogP contribution in [0.4, 0.5) is 4.79 Å². The molecule has 1 aliphatic heterocycles. The number of pyridine rings is 1. The molecule has 1 fully saturated rings. The van der Waals surface area contributed by atoms with Gasteiger partial charge in [0.1, 0.15) is 5.54 Å². The van der Waals surface area contributed by atoms with Gasteiger partial charge < -0.3 is 9.80 Å². The molecule has 31 heavy (non-hydrogen) atoms. The van der Waals surface area contributed by atoms with Gasteiger partial charge >= 0.3 is 6.03 Å². The molecule has 2 atom stereocenters. The fourth-order valence-electron chi connectivity index (χ4n) is 4.57. The van der Waals surface area contributed by atoms with Crippen LogP contribution in [0.2, 0.25) is 0 Å². The highest BCUT2D eigenvalue weighted by Crippen LogP contribution is 2.38. The number of carbonyl (C=O) groups excluding carboxylic acids is 3. The Hall–Kier alpha value is -3.22. The van der Waals surface area contributed by atoms with Gasteiger partial charge in [-0.25, -0.2) is 4.79 Å². The first-order chi connectivity index (χ1) is 14.7. The van der Waals surface area contributed by atoms with Crippen LogP contribution in [0, 0.1) is 0 Å². The summed E-state index contributed by atoms with van der Waals surface area (Å²) in [5, 5.41) is 3.40. The highest BCUT2D eigenvalue weighted by atomic mass is 16.2. The van der Waals surface area contributed by atoms with Crippen LogP contribution in [0.3, 0.4) is 0 Å². The van der Waals surface area contributed by atoms with Gasteiger partial charge in [0.05, 0.1) is 5.52 Å². The zero-order valence-electron chi connectivity index (χ0n) is 18.5. The maximum atomic E-state index is 12.5. The zero-order valence-corrected chi connectivity index (χ0v) is 18.5. The number of aromatic nitrogens is 1. The van der Waals surface area contributed by atoms with Crippen molar-refractivity contribution in [3.05, 3.63) is 53.2 Å². The molecule has 0 bridgehead atoms. The number of amides is 4. The summed E-state index contributed by atoms with van der Waals surface area (Å²) in [6.45, 7) is 10.2. The average molecular weight is 421 g/mol. The molecule has 4 rings (SSSR count). The van der Waals surface area contributed by atoms with Gasteiger partial charge in [-0.05, 0) is 48.7 Å². The third-order valence-corrected chi connectivity index (χ3v) is 6.77. The number of urea groups is 1. The molecule has 1 saturated heterocycles. The zero-order chi connectivity index (χ0) is 22.5. The summed E-state index contributed by atoms with van der Waals surface area (Å²) < 4.78 is 0. The Balaban J connectivity index is 1.66. The normalized spacial score (nSPS) is 20.8. The fourth-order valence-corrected chi connectivity index (χ4v) is 4.57. The summed E-state index contributed by atoms with van der Waals surface area (Å²) >= 11 is 0. The van der Waals surface area contributed by atoms with E-state index in [2.05, 4.69) is 29.0 Å². The monoisotopic (exact) mass is 420 g/mol. The lowest BCUT2D eigenvalue weighted by molar-refractivity contribution is -0.132. The Morgan fingerprint density at radius 1 is 1.29 bits per heavy atom. The van der Waals surface area contributed by atoms with E-state index in [4.69, 9.17) is 0 Å². The lowest BCUT2D eigenvalue weighted by Gasteiger charge is -2.29. The van der Waals surface area contributed by atoms with Crippen LogP contribution in [0.5, 0.6) is 0 Å². The molecular formula is C24H28N4O3. The van der Waals surface area contributed by atoms with Crippen LogP contribution < -0.4 is 5.32 Å². The molecule has 1 aliphatic carbocycles. The molecule has 7 nitrogen and oxygen atoms in total. The summed E-state index contributed by atoms with van der Waals surface area (Å²) in [4.78, 5) is 45.0. The Morgan fingerprint density at radius 3 is 2.55 bits per heavy atom. The van der Waals surface area contributed by atoms with Crippen molar-refractivity contribution in [2.24, 2.45) is 0 Å². The van der Waals surface area contributed by atoms with Gasteiger partial charge in [-0.1, -0.05) is 19.1 Å². The van der Waals surface area contributed by atoms with E-state index >= 15 is 0 Å². The second kappa shape index (κ2) is 7.48. The maximum absolute atomic E-state index is 12.5. The number of nitrogens with zero attached hydrogens (tertiary/aromatic N) is 3. The number of rotatable bonds is 5. The molecule has 2 unspecified atom stereocenters. The van der Waals surface area contributed by atoms with E-state index in [0.717, 1.165) is 33.2 Å². The van der Waals surface area contributed by atoms with Crippen LogP contribution in [-0.2, 0) is 29.0 Å². The topological polar surface area (TPSA) is 82.6 Å². The lowest BCUT2D eigenvalue weighted by Crippen LogP contribution is -2.48. The van der Waals surface area contributed by atoms with Gasteiger partial charge in [-0.2, -0.15) is 0 Å². The summed E-state index contributed by atoms with van der Waals surface area (Å²) in [6, 6.07) is 5.72. The Kier molecular flexibility index (Phi) is 5.07. The highest BCUT2D eigenvalue weighted by Gasteiger charge is 2.54. The molecule has 7 heteroatoms. The van der Waals surface area contributed by atoms with Gasteiger partial charge in [0.2, 0.25) is 5.91 Å². The van der Waals surface area contributed by atoms with E-state index < -0.39 is 5.54 Å². The second-order valence-corrected chi connectivity index (χ2v) is 8.76. The molecule has 2 heterocycles. The van der Waals surface area contributed by atoms with Crippen LogP contribution >= 0.6 is 0 Å². The first-order valence-electron chi connectivity index (χ1n) is 10.6. The fraction of sp³-hybridized carbons (Fsp3) is 0.417. The van der Waals surface area contributed by atoms with Crippen molar-refractivity contribution in [2.75, 3.05) is 7.05 Å². The number of imide groups is 1. The Morgan fingerprint density at radius 2 is 1.97 bits per heavy atom. The van der Waals surface area contributed by atoms with Gasteiger partial charge in [-0.15, -0.1) is 0 Å². The van der Waals surface area contributed by atoms with Crippen molar-refractivity contribution in [1.82, 2.24) is 20.1 Å². The quantitative estimate of drug-likeness (QED) is 0.596. The van der Waals surface area contributed by atoms with Crippen molar-refractivity contribution < 1.29 is 14.4 Å². The van der Waals surface area contributed by atoms with Crippen LogP contribution in [-0.4, -0.2) is 51.3 Å². The summed E-state index contributed by atoms with van der Waals surface area (Å²) in [7, 11) is 1.67. The summed E-state index contributed by atoms with van der Waals surface area (Å²) in [5.74, 6) is -0.164. The predicted octanol–water partition coefficient (Wildman–Crippen LogP) is 2.96. The van der Waals surface area contributed by atoms with Crippen molar-refractivity contribution in [3.63, 3.8) is 0 Å². The molecule has 1 aromatic carbocycles. The van der Waals surface area contributed by atoms with E-state index in [1.807, 2.05) is 31.7 Å². The highest BCUT2D eigenvalue weighted by molar-refractivity contribution is 6.07. The maximum Gasteiger partial charge on any atom is 0.324 e. The van der Waals surface area contributed by atoms with Crippen LogP contribution in [0.1, 0.15) is 43.9 Å². The summed E-state index contributed by atoms with van der Waals surface area (Å²) in [5.41, 5.74) is 3.98. The van der Waals surface area contributed by atoms with E-state index in [1.165, 1.54) is 4.90 Å². The van der Waals surface area contributed by atoms with Gasteiger partial charge in [-0.3, -0.25) is 19.9 Å². The number of hydrogen-bond donors (Lipinski definition) is 1. The minimum Gasteiger partial charge on any atom is -0.332 e. The van der Waals surface area contributed by atoms with E-state index in [1.54, 1.807) is 13.2 Å². The summed E-state index contributed by atoms with van der Waals surface area (Å²) in [6.07, 6.45) is 3.22. The Bertz CT molecular complexity index is 1130. The molecule has 2 aliphatic rings. The third-order valence-electron chi connectivity index (χ3n) is 6.77. The molecule has 0 radical (unpaired) electrons. The van der Waals surface area contributed by atoms with Crippen molar-refractivity contribution in [3.8, 4) is 0 Å². The number of nitrogens with one attached hydrogen (secondary N) is 1. The van der Waals surface area contributed by atoms with E-state index in [9.17, 15) is 14.4 Å². The van der Waals surface area contributed by atoms with Crippen molar-refractivity contribution >= 4 is 28.7 Å². The molecule has 2 aromatic rings. The molecule has 4 amide bonds. The molecule has 162 valence electrons. The number of hydrogen-bond acceptors (Lipinski definition) is 4. The molecule has 1 aromatic heterocycles. The molecule has 1 spiro atoms. The SMILES string of the molecule is C=C(C)C(C)N(Cc1cnc2cc3c(cc2c1)CC1(C3)C(=O)NC(=O)N1C)C(=O)CC. The van der Waals surface area contributed by atoms with Crippen LogP contribution in [0.15, 0.2) is 36.5 Å².